The standard InChI is InChI=1S/C18H38OS/c1-3-5-7-8-9-10-11-13-17-20-18-14-16-19-15-12-6-4-2/h3-18H2,1-2H3. The first kappa shape index (κ1) is 20.3. The van der Waals surface area contributed by atoms with E-state index in [1.165, 1.54) is 88.6 Å². The van der Waals surface area contributed by atoms with Crippen LogP contribution < -0.4 is 0 Å². The summed E-state index contributed by atoms with van der Waals surface area (Å²) in [6.45, 7) is 6.46. The maximum Gasteiger partial charge on any atom is 0.0473 e. The fourth-order valence-electron chi connectivity index (χ4n) is 2.26. The predicted octanol–water partition coefficient (Wildman–Crippen LogP) is 6.46. The molecule has 0 aromatic rings. The maximum absolute atomic E-state index is 5.61. The van der Waals surface area contributed by atoms with E-state index < -0.39 is 0 Å². The molecule has 2 heteroatoms. The molecular weight excluding hydrogens is 264 g/mol. The number of ether oxygens (including phenoxy) is 1. The maximum atomic E-state index is 5.61. The zero-order chi connectivity index (χ0) is 14.7. The Morgan fingerprint density at radius 1 is 0.550 bits per heavy atom. The first-order valence-electron chi connectivity index (χ1n) is 9.07. The average Bonchev–Trinajstić information content (AvgIpc) is 2.47. The summed E-state index contributed by atoms with van der Waals surface area (Å²) in [6.07, 6.45) is 16.5. The van der Waals surface area contributed by atoms with Crippen LogP contribution in [0.3, 0.4) is 0 Å². The molecule has 0 aromatic carbocycles. The van der Waals surface area contributed by atoms with Crippen molar-refractivity contribution in [3.63, 3.8) is 0 Å². The van der Waals surface area contributed by atoms with Gasteiger partial charge in [0.05, 0.1) is 0 Å². The fraction of sp³-hybridized carbons (Fsp3) is 1.00. The normalized spacial score (nSPS) is 11.1. The van der Waals surface area contributed by atoms with Gasteiger partial charge < -0.3 is 4.74 Å². The highest BCUT2D eigenvalue weighted by atomic mass is 32.2. The number of rotatable bonds is 17. The molecule has 0 heterocycles. The van der Waals surface area contributed by atoms with Gasteiger partial charge in [0.15, 0.2) is 0 Å². The van der Waals surface area contributed by atoms with Gasteiger partial charge in [-0.2, -0.15) is 11.8 Å². The second kappa shape index (κ2) is 19.3. The van der Waals surface area contributed by atoms with Crippen LogP contribution in [0, 0.1) is 0 Å². The van der Waals surface area contributed by atoms with Crippen LogP contribution in [0.4, 0.5) is 0 Å². The highest BCUT2D eigenvalue weighted by Gasteiger charge is 1.94. The van der Waals surface area contributed by atoms with E-state index in [2.05, 4.69) is 25.6 Å². The highest BCUT2D eigenvalue weighted by Crippen LogP contribution is 2.11. The summed E-state index contributed by atoms with van der Waals surface area (Å²) >= 11 is 2.11. The Kier molecular flexibility index (Phi) is 19.6. The van der Waals surface area contributed by atoms with Crippen molar-refractivity contribution in [1.29, 1.82) is 0 Å². The molecule has 0 rings (SSSR count). The molecular formula is C18H38OS. The van der Waals surface area contributed by atoms with Gasteiger partial charge in [0, 0.05) is 13.2 Å². The molecule has 0 bridgehead atoms. The third-order valence-electron chi connectivity index (χ3n) is 3.61. The molecule has 0 aromatic heterocycles. The lowest BCUT2D eigenvalue weighted by molar-refractivity contribution is 0.131. The smallest absolute Gasteiger partial charge is 0.0473 e. The van der Waals surface area contributed by atoms with Crippen molar-refractivity contribution in [3.05, 3.63) is 0 Å². The van der Waals surface area contributed by atoms with Gasteiger partial charge in [-0.05, 0) is 30.8 Å². The Morgan fingerprint density at radius 3 is 1.75 bits per heavy atom. The van der Waals surface area contributed by atoms with Gasteiger partial charge in [0.25, 0.3) is 0 Å². The molecule has 0 N–H and O–H groups in total. The molecule has 0 unspecified atom stereocenters. The molecule has 0 amide bonds. The molecule has 0 spiro atoms. The van der Waals surface area contributed by atoms with E-state index in [4.69, 9.17) is 4.74 Å². The molecule has 0 atom stereocenters. The van der Waals surface area contributed by atoms with Gasteiger partial charge in [-0.3, -0.25) is 0 Å². The van der Waals surface area contributed by atoms with E-state index in [1.807, 2.05) is 0 Å². The van der Waals surface area contributed by atoms with Crippen molar-refractivity contribution >= 4 is 11.8 Å². The minimum atomic E-state index is 0.966. The van der Waals surface area contributed by atoms with Crippen LogP contribution in [0.25, 0.3) is 0 Å². The van der Waals surface area contributed by atoms with Gasteiger partial charge >= 0.3 is 0 Å². The van der Waals surface area contributed by atoms with E-state index in [0.717, 1.165) is 13.2 Å². The quantitative estimate of drug-likeness (QED) is 0.285. The van der Waals surface area contributed by atoms with Gasteiger partial charge in [-0.1, -0.05) is 71.6 Å². The summed E-state index contributed by atoms with van der Waals surface area (Å²) in [5, 5.41) is 0. The van der Waals surface area contributed by atoms with Gasteiger partial charge in [0.1, 0.15) is 0 Å². The first-order valence-corrected chi connectivity index (χ1v) is 10.2. The second-order valence-electron chi connectivity index (χ2n) is 5.76. The Balaban J connectivity index is 2.89. The van der Waals surface area contributed by atoms with Gasteiger partial charge in [-0.15, -0.1) is 0 Å². The highest BCUT2D eigenvalue weighted by molar-refractivity contribution is 7.99. The summed E-state index contributed by atoms with van der Waals surface area (Å²) in [5.41, 5.74) is 0. The zero-order valence-electron chi connectivity index (χ0n) is 14.1. The molecule has 0 radical (unpaired) electrons. The summed E-state index contributed by atoms with van der Waals surface area (Å²) in [4.78, 5) is 0. The Hall–Kier alpha value is 0.310. The summed E-state index contributed by atoms with van der Waals surface area (Å²) in [5.74, 6) is 2.63. The average molecular weight is 303 g/mol. The molecule has 1 nitrogen and oxygen atoms in total. The molecule has 0 aliphatic carbocycles. The zero-order valence-corrected chi connectivity index (χ0v) is 14.9. The third kappa shape index (κ3) is 18.3. The Morgan fingerprint density at radius 2 is 1.05 bits per heavy atom. The molecule has 0 saturated heterocycles. The van der Waals surface area contributed by atoms with E-state index in [9.17, 15) is 0 Å². The minimum Gasteiger partial charge on any atom is -0.381 e. The largest absolute Gasteiger partial charge is 0.381 e. The van der Waals surface area contributed by atoms with E-state index in [0.29, 0.717) is 0 Å². The summed E-state index contributed by atoms with van der Waals surface area (Å²) in [7, 11) is 0. The molecule has 0 aliphatic heterocycles. The van der Waals surface area contributed by atoms with Crippen molar-refractivity contribution in [2.24, 2.45) is 0 Å². The van der Waals surface area contributed by atoms with Crippen molar-refractivity contribution in [2.45, 2.75) is 90.9 Å². The molecule has 0 fully saturated rings. The molecule has 20 heavy (non-hydrogen) atoms. The lowest BCUT2D eigenvalue weighted by Gasteiger charge is -2.04. The Bertz CT molecular complexity index is 143. The topological polar surface area (TPSA) is 9.23 Å². The summed E-state index contributed by atoms with van der Waals surface area (Å²) < 4.78 is 5.61. The number of thioether (sulfide) groups is 1. The van der Waals surface area contributed by atoms with Crippen molar-refractivity contribution in [1.82, 2.24) is 0 Å². The number of hydrogen-bond donors (Lipinski definition) is 0. The van der Waals surface area contributed by atoms with E-state index in [1.54, 1.807) is 0 Å². The molecule has 0 aliphatic rings. The lowest BCUT2D eigenvalue weighted by Crippen LogP contribution is -1.98. The SMILES string of the molecule is CCCCCCCCCCSCCCOCCCCC. The van der Waals surface area contributed by atoms with Crippen LogP contribution in [0.15, 0.2) is 0 Å². The molecule has 0 saturated carbocycles. The first-order chi connectivity index (χ1) is 9.91. The monoisotopic (exact) mass is 302 g/mol. The number of hydrogen-bond acceptors (Lipinski definition) is 2. The lowest BCUT2D eigenvalue weighted by atomic mass is 10.1. The van der Waals surface area contributed by atoms with Crippen LogP contribution in [-0.2, 0) is 4.74 Å². The van der Waals surface area contributed by atoms with E-state index >= 15 is 0 Å². The third-order valence-corrected chi connectivity index (χ3v) is 4.77. The van der Waals surface area contributed by atoms with Crippen molar-refractivity contribution < 1.29 is 4.74 Å². The van der Waals surface area contributed by atoms with Gasteiger partial charge in [-0.25, -0.2) is 0 Å². The van der Waals surface area contributed by atoms with Crippen molar-refractivity contribution in [2.75, 3.05) is 24.7 Å². The van der Waals surface area contributed by atoms with Crippen molar-refractivity contribution in [3.8, 4) is 0 Å². The number of unbranched alkanes of at least 4 members (excludes halogenated alkanes) is 9. The van der Waals surface area contributed by atoms with Crippen LogP contribution in [0.5, 0.6) is 0 Å². The van der Waals surface area contributed by atoms with Crippen LogP contribution in [0.1, 0.15) is 90.9 Å². The molecule has 122 valence electrons. The van der Waals surface area contributed by atoms with Crippen LogP contribution in [0.2, 0.25) is 0 Å². The Labute approximate surface area is 132 Å². The van der Waals surface area contributed by atoms with Gasteiger partial charge in [0.2, 0.25) is 0 Å². The predicted molar refractivity (Wildman–Crippen MR) is 94.9 cm³/mol. The fourth-order valence-corrected chi connectivity index (χ4v) is 3.19. The second-order valence-corrected chi connectivity index (χ2v) is 6.99. The van der Waals surface area contributed by atoms with Crippen LogP contribution >= 0.6 is 11.8 Å². The minimum absolute atomic E-state index is 0.966. The van der Waals surface area contributed by atoms with Crippen LogP contribution in [-0.4, -0.2) is 24.7 Å². The summed E-state index contributed by atoms with van der Waals surface area (Å²) in [6, 6.07) is 0. The van der Waals surface area contributed by atoms with E-state index in [-0.39, 0.29) is 0 Å².